The summed E-state index contributed by atoms with van der Waals surface area (Å²) in [6.45, 7) is 0. The van der Waals surface area contributed by atoms with E-state index in [1.807, 2.05) is 0 Å². The number of nitrogens with one attached hydrogen (secondary N) is 1. The maximum absolute atomic E-state index is 13.0. The summed E-state index contributed by atoms with van der Waals surface area (Å²) in [4.78, 5) is 38.1. The Morgan fingerprint density at radius 3 is 2.44 bits per heavy atom. The second-order valence-electron chi connectivity index (χ2n) is 6.93. The smallest absolute Gasteiger partial charge is 0.332 e. The number of rotatable bonds is 1. The molecule has 0 amide bonds. The third kappa shape index (κ3) is 2.45. The summed E-state index contributed by atoms with van der Waals surface area (Å²) in [5.74, 6) is -0.104. The Bertz CT molecular complexity index is 1160. The van der Waals surface area contributed by atoms with Crippen LogP contribution < -0.4 is 16.6 Å². The molecule has 1 N–H and O–H groups in total. The Balaban J connectivity index is 2.06. The molecule has 4 rings (SSSR count). The summed E-state index contributed by atoms with van der Waals surface area (Å²) in [6, 6.07) is 8.98. The van der Waals surface area contributed by atoms with Crippen molar-refractivity contribution in [2.24, 2.45) is 14.1 Å². The number of nitriles is 1. The monoisotopic (exact) mass is 362 g/mol. The van der Waals surface area contributed by atoms with Gasteiger partial charge in [0.25, 0.3) is 5.56 Å². The molecule has 0 saturated heterocycles. The number of carbonyl (C=O) groups excluding carboxylic acids is 1. The average molecular weight is 362 g/mol. The number of ketones is 1. The number of allylic oxidation sites excluding steroid dienone is 2. The second-order valence-corrected chi connectivity index (χ2v) is 6.93. The third-order valence-corrected chi connectivity index (χ3v) is 5.38. The van der Waals surface area contributed by atoms with Gasteiger partial charge in [0, 0.05) is 37.7 Å². The van der Waals surface area contributed by atoms with Gasteiger partial charge in [-0.2, -0.15) is 5.26 Å². The van der Waals surface area contributed by atoms with Gasteiger partial charge in [-0.3, -0.25) is 18.7 Å². The molecule has 0 bridgehead atoms. The Morgan fingerprint density at radius 2 is 1.78 bits per heavy atom. The molecule has 2 heterocycles. The van der Waals surface area contributed by atoms with E-state index >= 15 is 0 Å². The number of hydrogen-bond acceptors (Lipinski definition) is 5. The Kier molecular flexibility index (Phi) is 3.84. The van der Waals surface area contributed by atoms with Gasteiger partial charge in [0.1, 0.15) is 5.82 Å². The van der Waals surface area contributed by atoms with Crippen LogP contribution in [0.1, 0.15) is 41.9 Å². The number of Topliss-reactive ketones (excluding diaryl/α,β-unsaturated/α-hetero) is 1. The largest absolute Gasteiger partial charge is 0.344 e. The Morgan fingerprint density at radius 1 is 1.07 bits per heavy atom. The number of benzene rings is 1. The first kappa shape index (κ1) is 17.0. The topological polar surface area (TPSA) is 96.9 Å². The minimum atomic E-state index is -0.553. The summed E-state index contributed by atoms with van der Waals surface area (Å²) in [5.41, 5.74) is 2.18. The van der Waals surface area contributed by atoms with Crippen LogP contribution in [0.25, 0.3) is 0 Å². The highest BCUT2D eigenvalue weighted by Crippen LogP contribution is 2.43. The quantitative estimate of drug-likeness (QED) is 0.830. The lowest BCUT2D eigenvalue weighted by Gasteiger charge is -2.34. The van der Waals surface area contributed by atoms with Crippen molar-refractivity contribution in [3.05, 3.63) is 73.1 Å². The van der Waals surface area contributed by atoms with E-state index in [1.54, 1.807) is 31.3 Å². The summed E-state index contributed by atoms with van der Waals surface area (Å²) in [5, 5.41) is 12.2. The molecule has 1 aromatic carbocycles. The van der Waals surface area contributed by atoms with E-state index in [-0.39, 0.29) is 5.78 Å². The van der Waals surface area contributed by atoms with Gasteiger partial charge in [-0.25, -0.2) is 4.79 Å². The minimum Gasteiger partial charge on any atom is -0.344 e. The molecule has 1 aliphatic carbocycles. The fourth-order valence-electron chi connectivity index (χ4n) is 3.98. The summed E-state index contributed by atoms with van der Waals surface area (Å²) in [6.07, 6.45) is 1.87. The average Bonchev–Trinajstić information content (AvgIpc) is 2.69. The predicted octanol–water partition coefficient (Wildman–Crippen LogP) is 1.52. The number of nitrogens with zero attached hydrogens (tertiary/aromatic N) is 3. The molecule has 1 aliphatic heterocycles. The number of carbonyl (C=O) groups is 1. The van der Waals surface area contributed by atoms with E-state index in [0.29, 0.717) is 35.4 Å². The van der Waals surface area contributed by atoms with Crippen molar-refractivity contribution in [3.63, 3.8) is 0 Å². The molecule has 27 heavy (non-hydrogen) atoms. The number of fused-ring (bicyclic) bond motifs is 1. The van der Waals surface area contributed by atoms with Crippen LogP contribution in [0, 0.1) is 11.3 Å². The third-order valence-electron chi connectivity index (χ3n) is 5.38. The van der Waals surface area contributed by atoms with E-state index in [9.17, 15) is 14.4 Å². The normalized spacial score (nSPS) is 18.4. The fourth-order valence-corrected chi connectivity index (χ4v) is 3.98. The van der Waals surface area contributed by atoms with Crippen LogP contribution in [0.3, 0.4) is 0 Å². The molecule has 0 radical (unpaired) electrons. The molecule has 0 spiro atoms. The zero-order valence-corrected chi connectivity index (χ0v) is 15.1. The first-order chi connectivity index (χ1) is 12.9. The minimum absolute atomic E-state index is 0.0136. The highest BCUT2D eigenvalue weighted by Gasteiger charge is 2.38. The molecule has 0 unspecified atom stereocenters. The molecule has 136 valence electrons. The zero-order chi connectivity index (χ0) is 19.3. The molecule has 1 aromatic heterocycles. The van der Waals surface area contributed by atoms with Gasteiger partial charge >= 0.3 is 5.69 Å². The zero-order valence-electron chi connectivity index (χ0n) is 15.1. The molecule has 0 fully saturated rings. The molecular formula is C20H18N4O3. The molecule has 2 aromatic rings. The van der Waals surface area contributed by atoms with Crippen molar-refractivity contribution in [2.75, 3.05) is 5.32 Å². The van der Waals surface area contributed by atoms with Crippen LogP contribution in [-0.2, 0) is 18.9 Å². The van der Waals surface area contributed by atoms with Crippen molar-refractivity contribution < 1.29 is 4.79 Å². The van der Waals surface area contributed by atoms with Crippen molar-refractivity contribution in [1.82, 2.24) is 9.13 Å². The molecule has 7 heteroatoms. The SMILES string of the molecule is Cn1c2c(c(=O)n(C)c1=O)[C@@H](c1ccc(C#N)cc1)C1=C(CCCC1=O)N2. The first-order valence-electron chi connectivity index (χ1n) is 8.77. The first-order valence-corrected chi connectivity index (χ1v) is 8.77. The van der Waals surface area contributed by atoms with Gasteiger partial charge in [0.2, 0.25) is 0 Å². The van der Waals surface area contributed by atoms with Crippen molar-refractivity contribution >= 4 is 11.6 Å². The van der Waals surface area contributed by atoms with E-state index < -0.39 is 17.2 Å². The molecule has 2 aliphatic rings. The van der Waals surface area contributed by atoms with Crippen LogP contribution in [0.5, 0.6) is 0 Å². The summed E-state index contributed by atoms with van der Waals surface area (Å²) in [7, 11) is 3.05. The van der Waals surface area contributed by atoms with Gasteiger partial charge in [0.05, 0.1) is 17.2 Å². The molecular weight excluding hydrogens is 344 g/mol. The summed E-state index contributed by atoms with van der Waals surface area (Å²) >= 11 is 0. The van der Waals surface area contributed by atoms with Crippen molar-refractivity contribution in [3.8, 4) is 6.07 Å². The molecule has 1 atom stereocenters. The Hall–Kier alpha value is -3.40. The van der Waals surface area contributed by atoms with E-state index in [2.05, 4.69) is 11.4 Å². The summed E-state index contributed by atoms with van der Waals surface area (Å²) < 4.78 is 2.48. The lowest BCUT2D eigenvalue weighted by Crippen LogP contribution is -2.44. The predicted molar refractivity (Wildman–Crippen MR) is 99.4 cm³/mol. The highest BCUT2D eigenvalue weighted by molar-refractivity contribution is 6.00. The van der Waals surface area contributed by atoms with Crippen LogP contribution in [0.2, 0.25) is 0 Å². The molecule has 0 saturated carbocycles. The van der Waals surface area contributed by atoms with Crippen LogP contribution >= 0.6 is 0 Å². The van der Waals surface area contributed by atoms with Crippen LogP contribution in [0.15, 0.2) is 45.1 Å². The van der Waals surface area contributed by atoms with Crippen molar-refractivity contribution in [1.29, 1.82) is 5.26 Å². The van der Waals surface area contributed by atoms with Crippen molar-refractivity contribution in [2.45, 2.75) is 25.2 Å². The number of hydrogen-bond donors (Lipinski definition) is 1. The van der Waals surface area contributed by atoms with Crippen LogP contribution in [-0.4, -0.2) is 14.9 Å². The fraction of sp³-hybridized carbons (Fsp3) is 0.300. The van der Waals surface area contributed by atoms with E-state index in [4.69, 9.17) is 5.26 Å². The van der Waals surface area contributed by atoms with E-state index in [1.165, 1.54) is 11.6 Å². The lowest BCUT2D eigenvalue weighted by atomic mass is 9.76. The van der Waals surface area contributed by atoms with Gasteiger partial charge in [0.15, 0.2) is 5.78 Å². The van der Waals surface area contributed by atoms with Crippen LogP contribution in [0.4, 0.5) is 5.82 Å². The number of anilines is 1. The standard InChI is InChI=1S/C20H18N4O3/c1-23-18-17(19(26)24(2)20(23)27)15(12-8-6-11(10-21)7-9-12)16-13(22-18)4-3-5-14(16)25/h6-9,15,22H,3-5H2,1-2H3/t15-/m0/s1. The maximum atomic E-state index is 13.0. The Labute approximate surface area is 155 Å². The molecule has 7 nitrogen and oxygen atoms in total. The van der Waals surface area contributed by atoms with Gasteiger partial charge < -0.3 is 5.32 Å². The van der Waals surface area contributed by atoms with E-state index in [0.717, 1.165) is 22.2 Å². The van der Waals surface area contributed by atoms with Gasteiger partial charge in [-0.15, -0.1) is 0 Å². The second kappa shape index (κ2) is 6.09. The van der Waals surface area contributed by atoms with Gasteiger partial charge in [-0.05, 0) is 30.5 Å². The highest BCUT2D eigenvalue weighted by atomic mass is 16.2. The lowest BCUT2D eigenvalue weighted by molar-refractivity contribution is -0.116. The van der Waals surface area contributed by atoms with Gasteiger partial charge in [-0.1, -0.05) is 12.1 Å². The number of aromatic nitrogens is 2. The maximum Gasteiger partial charge on any atom is 0.332 e.